The van der Waals surface area contributed by atoms with E-state index in [2.05, 4.69) is 61.7 Å². The summed E-state index contributed by atoms with van der Waals surface area (Å²) in [7, 11) is 0. The number of nitrogens with zero attached hydrogens (tertiary/aromatic N) is 2. The lowest BCUT2D eigenvalue weighted by atomic mass is 10.1. The second kappa shape index (κ2) is 5.27. The number of hydrogen-bond donors (Lipinski definition) is 2. The van der Waals surface area contributed by atoms with Crippen LogP contribution in [-0.2, 0) is 13.0 Å². The van der Waals surface area contributed by atoms with Crippen LogP contribution in [0.1, 0.15) is 16.8 Å². The number of halogens is 1. The summed E-state index contributed by atoms with van der Waals surface area (Å²) in [5, 5.41) is 6.75. The van der Waals surface area contributed by atoms with Crippen molar-refractivity contribution in [1.29, 1.82) is 0 Å². The second-order valence-corrected chi connectivity index (χ2v) is 5.54. The predicted octanol–water partition coefficient (Wildman–Crippen LogP) is 2.94. The Morgan fingerprint density at radius 1 is 1.32 bits per heavy atom. The minimum Gasteiger partial charge on any atom is -0.339 e. The van der Waals surface area contributed by atoms with Crippen molar-refractivity contribution in [3.8, 4) is 0 Å². The Labute approximate surface area is 120 Å². The first-order chi connectivity index (χ1) is 9.24. The summed E-state index contributed by atoms with van der Waals surface area (Å²) >= 11 is 3.58. The first kappa shape index (κ1) is 12.6. The van der Waals surface area contributed by atoms with Gasteiger partial charge < -0.3 is 10.6 Å². The lowest BCUT2D eigenvalue weighted by molar-refractivity contribution is 0.628. The van der Waals surface area contributed by atoms with Crippen LogP contribution >= 0.6 is 15.9 Å². The minimum absolute atomic E-state index is 0.821. The van der Waals surface area contributed by atoms with Gasteiger partial charge in [-0.15, -0.1) is 0 Å². The fourth-order valence-corrected chi connectivity index (χ4v) is 2.82. The molecule has 4 nitrogen and oxygen atoms in total. The normalized spacial score (nSPS) is 14.0. The van der Waals surface area contributed by atoms with E-state index in [1.54, 1.807) is 6.33 Å². The van der Waals surface area contributed by atoms with E-state index in [0.29, 0.717) is 0 Å². The molecule has 2 N–H and O–H groups in total. The van der Waals surface area contributed by atoms with Gasteiger partial charge in [-0.05, 0) is 40.5 Å². The molecule has 0 bridgehead atoms. The Morgan fingerprint density at radius 3 is 3.05 bits per heavy atom. The maximum atomic E-state index is 4.37. The monoisotopic (exact) mass is 318 g/mol. The van der Waals surface area contributed by atoms with Crippen LogP contribution in [0, 0.1) is 6.92 Å². The zero-order valence-electron chi connectivity index (χ0n) is 10.7. The molecule has 2 aromatic rings. The van der Waals surface area contributed by atoms with E-state index in [-0.39, 0.29) is 0 Å². The summed E-state index contributed by atoms with van der Waals surface area (Å²) in [6.45, 7) is 3.88. The van der Waals surface area contributed by atoms with Gasteiger partial charge in [0, 0.05) is 29.5 Å². The Kier molecular flexibility index (Phi) is 3.48. The van der Waals surface area contributed by atoms with Gasteiger partial charge in [0.15, 0.2) is 0 Å². The van der Waals surface area contributed by atoms with E-state index in [1.807, 2.05) is 0 Å². The van der Waals surface area contributed by atoms with E-state index < -0.39 is 0 Å². The molecule has 0 radical (unpaired) electrons. The SMILES string of the molecule is Cc1ccc(Nc2ncnc3c2CNCC3)c(Br)c1. The number of anilines is 2. The van der Waals surface area contributed by atoms with Crippen molar-refractivity contribution < 1.29 is 0 Å². The van der Waals surface area contributed by atoms with Crippen LogP contribution in [-0.4, -0.2) is 16.5 Å². The molecule has 19 heavy (non-hydrogen) atoms. The molecule has 5 heteroatoms. The van der Waals surface area contributed by atoms with Gasteiger partial charge in [-0.25, -0.2) is 9.97 Å². The molecule has 0 spiro atoms. The van der Waals surface area contributed by atoms with Gasteiger partial charge in [0.1, 0.15) is 12.1 Å². The number of aryl methyl sites for hydroxylation is 1. The highest BCUT2D eigenvalue weighted by molar-refractivity contribution is 9.10. The van der Waals surface area contributed by atoms with Gasteiger partial charge in [-0.2, -0.15) is 0 Å². The molecule has 1 aromatic carbocycles. The number of aromatic nitrogens is 2. The maximum Gasteiger partial charge on any atom is 0.138 e. The molecule has 98 valence electrons. The molecular formula is C14H15BrN4. The third-order valence-corrected chi connectivity index (χ3v) is 3.91. The van der Waals surface area contributed by atoms with Crippen molar-refractivity contribution >= 4 is 27.4 Å². The van der Waals surface area contributed by atoms with Crippen LogP contribution in [0.15, 0.2) is 29.0 Å². The van der Waals surface area contributed by atoms with Crippen molar-refractivity contribution in [2.24, 2.45) is 0 Å². The van der Waals surface area contributed by atoms with Crippen LogP contribution in [0.5, 0.6) is 0 Å². The third kappa shape index (κ3) is 2.62. The standard InChI is InChI=1S/C14H15BrN4/c1-9-2-3-13(11(15)6-9)19-14-10-7-16-5-4-12(10)17-8-18-14/h2-3,6,8,16H,4-5,7H2,1H3,(H,17,18,19). The van der Waals surface area contributed by atoms with Gasteiger partial charge in [0.2, 0.25) is 0 Å². The lowest BCUT2D eigenvalue weighted by Gasteiger charge is -2.19. The van der Waals surface area contributed by atoms with Gasteiger partial charge in [-0.3, -0.25) is 0 Å². The molecule has 0 atom stereocenters. The van der Waals surface area contributed by atoms with Crippen molar-refractivity contribution in [1.82, 2.24) is 15.3 Å². The highest BCUT2D eigenvalue weighted by Crippen LogP contribution is 2.28. The average Bonchev–Trinajstić information content (AvgIpc) is 2.42. The number of hydrogen-bond acceptors (Lipinski definition) is 4. The summed E-state index contributed by atoms with van der Waals surface area (Å²) in [5.41, 5.74) is 4.56. The van der Waals surface area contributed by atoms with Gasteiger partial charge in [-0.1, -0.05) is 6.07 Å². The van der Waals surface area contributed by atoms with E-state index in [9.17, 15) is 0 Å². The van der Waals surface area contributed by atoms with Crippen LogP contribution in [0.2, 0.25) is 0 Å². The molecule has 0 unspecified atom stereocenters. The summed E-state index contributed by atoms with van der Waals surface area (Å²) in [6.07, 6.45) is 2.59. The number of benzene rings is 1. The van der Waals surface area contributed by atoms with Crippen LogP contribution in [0.3, 0.4) is 0 Å². The highest BCUT2D eigenvalue weighted by Gasteiger charge is 2.15. The first-order valence-electron chi connectivity index (χ1n) is 6.30. The van der Waals surface area contributed by atoms with Gasteiger partial charge in [0.05, 0.1) is 11.4 Å². The third-order valence-electron chi connectivity index (χ3n) is 3.25. The molecule has 0 aliphatic carbocycles. The molecule has 1 aliphatic heterocycles. The number of fused-ring (bicyclic) bond motifs is 1. The van der Waals surface area contributed by atoms with Crippen molar-refractivity contribution in [2.75, 3.05) is 11.9 Å². The van der Waals surface area contributed by atoms with Gasteiger partial charge >= 0.3 is 0 Å². The van der Waals surface area contributed by atoms with Gasteiger partial charge in [0.25, 0.3) is 0 Å². The summed E-state index contributed by atoms with van der Waals surface area (Å²) < 4.78 is 1.05. The molecule has 0 saturated carbocycles. The van der Waals surface area contributed by atoms with E-state index >= 15 is 0 Å². The summed E-state index contributed by atoms with van der Waals surface area (Å²) in [5.74, 6) is 0.891. The zero-order valence-corrected chi connectivity index (χ0v) is 12.3. The Hall–Kier alpha value is -1.46. The molecule has 1 aromatic heterocycles. The van der Waals surface area contributed by atoms with E-state index in [0.717, 1.165) is 41.2 Å². The van der Waals surface area contributed by atoms with Crippen LogP contribution in [0.4, 0.5) is 11.5 Å². The predicted molar refractivity (Wildman–Crippen MR) is 79.6 cm³/mol. The number of rotatable bonds is 2. The van der Waals surface area contributed by atoms with Crippen molar-refractivity contribution in [3.63, 3.8) is 0 Å². The molecule has 0 saturated heterocycles. The Bertz CT molecular complexity index is 612. The second-order valence-electron chi connectivity index (χ2n) is 4.68. The lowest BCUT2D eigenvalue weighted by Crippen LogP contribution is -2.25. The average molecular weight is 319 g/mol. The fourth-order valence-electron chi connectivity index (χ4n) is 2.23. The quantitative estimate of drug-likeness (QED) is 0.894. The highest BCUT2D eigenvalue weighted by atomic mass is 79.9. The first-order valence-corrected chi connectivity index (χ1v) is 7.10. The maximum absolute atomic E-state index is 4.37. The largest absolute Gasteiger partial charge is 0.339 e. The molecule has 2 heterocycles. The van der Waals surface area contributed by atoms with Crippen molar-refractivity contribution in [2.45, 2.75) is 19.9 Å². The molecule has 3 rings (SSSR count). The van der Waals surface area contributed by atoms with Crippen LogP contribution in [0.25, 0.3) is 0 Å². The van der Waals surface area contributed by atoms with E-state index in [1.165, 1.54) is 11.1 Å². The molecule has 1 aliphatic rings. The zero-order chi connectivity index (χ0) is 13.2. The fraction of sp³-hybridized carbons (Fsp3) is 0.286. The summed E-state index contributed by atoms with van der Waals surface area (Å²) in [6, 6.07) is 6.23. The minimum atomic E-state index is 0.821. The molecule has 0 amide bonds. The topological polar surface area (TPSA) is 49.8 Å². The van der Waals surface area contributed by atoms with Crippen molar-refractivity contribution in [3.05, 3.63) is 45.8 Å². The van der Waals surface area contributed by atoms with E-state index in [4.69, 9.17) is 0 Å². The number of nitrogens with one attached hydrogen (secondary N) is 2. The Balaban J connectivity index is 1.95. The molecular weight excluding hydrogens is 304 g/mol. The summed E-state index contributed by atoms with van der Waals surface area (Å²) in [4.78, 5) is 8.72. The smallest absolute Gasteiger partial charge is 0.138 e. The van der Waals surface area contributed by atoms with Crippen LogP contribution < -0.4 is 10.6 Å². The molecule has 0 fully saturated rings. The Morgan fingerprint density at radius 2 is 2.21 bits per heavy atom.